The Morgan fingerprint density at radius 2 is 1.95 bits per heavy atom. The summed E-state index contributed by atoms with van der Waals surface area (Å²) in [6.07, 6.45) is 4.34. The van der Waals surface area contributed by atoms with Crippen molar-refractivity contribution in [2.45, 2.75) is 0 Å². The minimum atomic E-state index is -0.548. The summed E-state index contributed by atoms with van der Waals surface area (Å²) in [7, 11) is 0. The fourth-order valence-corrected chi connectivity index (χ4v) is 1.56. The Kier molecular flexibility index (Phi) is 5.67. The highest BCUT2D eigenvalue weighted by Crippen LogP contribution is 2.20. The van der Waals surface area contributed by atoms with Gasteiger partial charge in [0.25, 0.3) is 0 Å². The Morgan fingerprint density at radius 3 is 2.53 bits per heavy atom. The van der Waals surface area contributed by atoms with Gasteiger partial charge in [-0.1, -0.05) is 18.2 Å². The van der Waals surface area contributed by atoms with Crippen LogP contribution in [0.5, 0.6) is 0 Å². The Balaban J connectivity index is 0.00000180. The Labute approximate surface area is 121 Å². The molecule has 2 nitrogen and oxygen atoms in total. The molecule has 0 bridgehead atoms. The summed E-state index contributed by atoms with van der Waals surface area (Å²) in [6, 6.07) is 9.86. The van der Waals surface area contributed by atoms with E-state index in [0.717, 1.165) is 5.56 Å². The standard InChI is InChI=1S/C14H9ClFNO.ClH/c15-14(18)8-6-10-5-7-13(17-9-10)11-3-1-2-4-12(11)16;/h1-9H;1H. The molecule has 98 valence electrons. The maximum absolute atomic E-state index is 13.5. The first-order valence-corrected chi connectivity index (χ1v) is 5.63. The lowest BCUT2D eigenvalue weighted by Gasteiger charge is -2.02. The average molecular weight is 298 g/mol. The van der Waals surface area contributed by atoms with Gasteiger partial charge < -0.3 is 0 Å². The highest BCUT2D eigenvalue weighted by molar-refractivity contribution is 6.66. The first-order chi connectivity index (χ1) is 8.66. The number of allylic oxidation sites excluding steroid dienone is 1. The van der Waals surface area contributed by atoms with Crippen molar-refractivity contribution < 1.29 is 9.18 Å². The SMILES string of the molecule is Cl.O=C(Cl)C=Cc1ccc(-c2ccccc2F)nc1. The van der Waals surface area contributed by atoms with E-state index in [2.05, 4.69) is 4.98 Å². The Hall–Kier alpha value is -1.71. The average Bonchev–Trinajstić information content (AvgIpc) is 2.38. The van der Waals surface area contributed by atoms with Crippen LogP contribution >= 0.6 is 24.0 Å². The highest BCUT2D eigenvalue weighted by Gasteiger charge is 2.04. The monoisotopic (exact) mass is 297 g/mol. The van der Waals surface area contributed by atoms with E-state index in [1.54, 1.807) is 42.6 Å². The number of carbonyl (C=O) groups is 1. The van der Waals surface area contributed by atoms with Crippen LogP contribution in [0, 0.1) is 5.82 Å². The predicted octanol–water partition coefficient (Wildman–Crippen LogP) is 4.09. The number of halogens is 3. The topological polar surface area (TPSA) is 30.0 Å². The van der Waals surface area contributed by atoms with E-state index in [4.69, 9.17) is 11.6 Å². The van der Waals surface area contributed by atoms with E-state index in [1.165, 1.54) is 12.1 Å². The van der Waals surface area contributed by atoms with Crippen LogP contribution in [0.25, 0.3) is 17.3 Å². The van der Waals surface area contributed by atoms with E-state index in [0.29, 0.717) is 11.3 Å². The highest BCUT2D eigenvalue weighted by atomic mass is 35.5. The van der Waals surface area contributed by atoms with E-state index in [1.807, 2.05) is 0 Å². The molecule has 0 aliphatic carbocycles. The lowest BCUT2D eigenvalue weighted by Crippen LogP contribution is -1.87. The van der Waals surface area contributed by atoms with Gasteiger partial charge >= 0.3 is 0 Å². The number of hydrogen-bond donors (Lipinski definition) is 0. The van der Waals surface area contributed by atoms with Gasteiger partial charge in [0, 0.05) is 11.8 Å². The van der Waals surface area contributed by atoms with Crippen LogP contribution in [0.4, 0.5) is 4.39 Å². The van der Waals surface area contributed by atoms with Gasteiger partial charge in [0.15, 0.2) is 0 Å². The van der Waals surface area contributed by atoms with Gasteiger partial charge in [-0.25, -0.2) is 4.39 Å². The molecule has 5 heteroatoms. The van der Waals surface area contributed by atoms with Crippen molar-refractivity contribution >= 4 is 35.3 Å². The number of carbonyl (C=O) groups excluding carboxylic acids is 1. The molecular weight excluding hydrogens is 288 g/mol. The molecule has 1 aromatic carbocycles. The van der Waals surface area contributed by atoms with Crippen molar-refractivity contribution in [3.63, 3.8) is 0 Å². The van der Waals surface area contributed by atoms with Gasteiger partial charge in [-0.15, -0.1) is 12.4 Å². The maximum Gasteiger partial charge on any atom is 0.245 e. The third-order valence-electron chi connectivity index (χ3n) is 2.34. The molecule has 0 aliphatic heterocycles. The van der Waals surface area contributed by atoms with Gasteiger partial charge in [0.2, 0.25) is 5.24 Å². The predicted molar refractivity (Wildman–Crippen MR) is 76.8 cm³/mol. The molecule has 0 saturated carbocycles. The van der Waals surface area contributed by atoms with Crippen molar-refractivity contribution in [3.05, 3.63) is 60.1 Å². The van der Waals surface area contributed by atoms with Gasteiger partial charge in [-0.3, -0.25) is 9.78 Å². The van der Waals surface area contributed by atoms with Crippen LogP contribution in [0.15, 0.2) is 48.7 Å². The zero-order valence-electron chi connectivity index (χ0n) is 9.72. The summed E-state index contributed by atoms with van der Waals surface area (Å²) in [5, 5.41) is -0.548. The molecule has 0 atom stereocenters. The molecule has 0 fully saturated rings. The minimum absolute atomic E-state index is 0. The number of benzene rings is 1. The second kappa shape index (κ2) is 7.02. The zero-order valence-corrected chi connectivity index (χ0v) is 11.3. The summed E-state index contributed by atoms with van der Waals surface area (Å²) in [5.41, 5.74) is 1.72. The first kappa shape index (κ1) is 15.3. The van der Waals surface area contributed by atoms with Gasteiger partial charge in [0.05, 0.1) is 5.69 Å². The van der Waals surface area contributed by atoms with Crippen molar-refractivity contribution in [2.24, 2.45) is 0 Å². The fourth-order valence-electron chi connectivity index (χ4n) is 1.49. The van der Waals surface area contributed by atoms with E-state index in [-0.39, 0.29) is 18.2 Å². The molecule has 0 N–H and O–H groups in total. The van der Waals surface area contributed by atoms with E-state index < -0.39 is 5.24 Å². The number of hydrogen-bond acceptors (Lipinski definition) is 2. The second-order valence-corrected chi connectivity index (χ2v) is 3.97. The summed E-state index contributed by atoms with van der Waals surface area (Å²) in [4.78, 5) is 14.7. The van der Waals surface area contributed by atoms with Gasteiger partial charge in [0.1, 0.15) is 5.82 Å². The summed E-state index contributed by atoms with van der Waals surface area (Å²) in [5.74, 6) is -0.316. The molecule has 1 heterocycles. The lowest BCUT2D eigenvalue weighted by molar-refractivity contribution is -0.107. The number of nitrogens with zero attached hydrogens (tertiary/aromatic N) is 1. The van der Waals surface area contributed by atoms with Crippen molar-refractivity contribution in [1.29, 1.82) is 0 Å². The smallest absolute Gasteiger partial charge is 0.245 e. The number of rotatable bonds is 3. The summed E-state index contributed by atoms with van der Waals surface area (Å²) < 4.78 is 13.5. The molecule has 0 unspecified atom stereocenters. The third kappa shape index (κ3) is 4.16. The Morgan fingerprint density at radius 1 is 1.21 bits per heavy atom. The van der Waals surface area contributed by atoms with Crippen LogP contribution in [0.2, 0.25) is 0 Å². The minimum Gasteiger partial charge on any atom is -0.276 e. The van der Waals surface area contributed by atoms with Crippen LogP contribution < -0.4 is 0 Å². The quantitative estimate of drug-likeness (QED) is 0.631. The molecule has 0 aliphatic rings. The van der Waals surface area contributed by atoms with Crippen LogP contribution in [0.3, 0.4) is 0 Å². The summed E-state index contributed by atoms with van der Waals surface area (Å²) in [6.45, 7) is 0. The van der Waals surface area contributed by atoms with Crippen molar-refractivity contribution in [1.82, 2.24) is 4.98 Å². The van der Waals surface area contributed by atoms with Crippen LogP contribution in [0.1, 0.15) is 5.56 Å². The lowest BCUT2D eigenvalue weighted by atomic mass is 10.1. The molecule has 0 saturated heterocycles. The molecule has 0 amide bonds. The first-order valence-electron chi connectivity index (χ1n) is 5.25. The van der Waals surface area contributed by atoms with Crippen molar-refractivity contribution in [3.8, 4) is 11.3 Å². The number of pyridine rings is 1. The van der Waals surface area contributed by atoms with Crippen LogP contribution in [-0.2, 0) is 4.79 Å². The van der Waals surface area contributed by atoms with Gasteiger partial charge in [-0.05, 0) is 47.5 Å². The molecule has 19 heavy (non-hydrogen) atoms. The fraction of sp³-hybridized carbons (Fsp3) is 0. The van der Waals surface area contributed by atoms with Gasteiger partial charge in [-0.2, -0.15) is 0 Å². The largest absolute Gasteiger partial charge is 0.276 e. The number of aromatic nitrogens is 1. The molecule has 2 rings (SSSR count). The van der Waals surface area contributed by atoms with Crippen molar-refractivity contribution in [2.75, 3.05) is 0 Å². The zero-order chi connectivity index (χ0) is 13.0. The Bertz CT molecular complexity index is 597. The molecule has 0 spiro atoms. The molecule has 1 aromatic heterocycles. The molecule has 2 aromatic rings. The summed E-state index contributed by atoms with van der Waals surface area (Å²) >= 11 is 5.18. The second-order valence-electron chi connectivity index (χ2n) is 3.59. The normalized spacial score (nSPS) is 10.2. The third-order valence-corrected chi connectivity index (χ3v) is 2.47. The van der Waals surface area contributed by atoms with E-state index in [9.17, 15) is 9.18 Å². The molecule has 0 radical (unpaired) electrons. The van der Waals surface area contributed by atoms with Crippen LogP contribution in [-0.4, -0.2) is 10.2 Å². The maximum atomic E-state index is 13.5. The molecular formula is C14H10Cl2FNO. The van der Waals surface area contributed by atoms with E-state index >= 15 is 0 Å².